The number of nitrogens with zero attached hydrogens (tertiary/aromatic N) is 1. The Morgan fingerprint density at radius 1 is 1.14 bits per heavy atom. The van der Waals surface area contributed by atoms with E-state index < -0.39 is 16.1 Å². The number of thioether (sulfide) groups is 1. The number of halogens is 1. The van der Waals surface area contributed by atoms with Crippen LogP contribution in [0.15, 0.2) is 48.5 Å². The summed E-state index contributed by atoms with van der Waals surface area (Å²) < 4.78 is 25.6. The summed E-state index contributed by atoms with van der Waals surface area (Å²) >= 11 is 7.59. The highest BCUT2D eigenvalue weighted by Gasteiger charge is 2.28. The topological polar surface area (TPSA) is 66.5 Å². The van der Waals surface area contributed by atoms with Crippen LogP contribution in [0.2, 0.25) is 5.02 Å². The van der Waals surface area contributed by atoms with Crippen molar-refractivity contribution in [3.05, 3.63) is 64.7 Å². The molecule has 1 atom stereocenters. The van der Waals surface area contributed by atoms with E-state index in [1.165, 1.54) is 11.1 Å². The van der Waals surface area contributed by atoms with Crippen molar-refractivity contribution in [2.45, 2.75) is 25.6 Å². The molecule has 8 heteroatoms. The monoisotopic (exact) mass is 440 g/mol. The van der Waals surface area contributed by atoms with E-state index in [0.29, 0.717) is 17.3 Å². The second-order valence-electron chi connectivity index (χ2n) is 6.54. The summed E-state index contributed by atoms with van der Waals surface area (Å²) in [5.74, 6) is 1.27. The molecule has 152 valence electrons. The lowest BCUT2D eigenvalue weighted by atomic mass is 10.2. The fourth-order valence-electron chi connectivity index (χ4n) is 2.67. The van der Waals surface area contributed by atoms with Gasteiger partial charge >= 0.3 is 0 Å². The molecule has 1 amide bonds. The smallest absolute Gasteiger partial charge is 0.243 e. The molecule has 5 nitrogen and oxygen atoms in total. The van der Waals surface area contributed by atoms with E-state index in [0.717, 1.165) is 22.1 Å². The number of carbonyl (C=O) groups is 1. The summed E-state index contributed by atoms with van der Waals surface area (Å²) in [6.45, 7) is 4.10. The number of amides is 1. The average molecular weight is 441 g/mol. The Bertz CT molecular complexity index is 885. The highest BCUT2D eigenvalue weighted by molar-refractivity contribution is 7.98. The van der Waals surface area contributed by atoms with Gasteiger partial charge in [0.1, 0.15) is 6.04 Å². The number of sulfonamides is 1. The maximum Gasteiger partial charge on any atom is 0.243 e. The maximum absolute atomic E-state index is 12.5. The Kier molecular flexibility index (Phi) is 8.22. The van der Waals surface area contributed by atoms with Gasteiger partial charge in [-0.3, -0.25) is 9.10 Å². The van der Waals surface area contributed by atoms with E-state index >= 15 is 0 Å². The number of benzene rings is 2. The summed E-state index contributed by atoms with van der Waals surface area (Å²) in [5, 5.41) is 3.32. The third-order valence-electron chi connectivity index (χ3n) is 4.10. The van der Waals surface area contributed by atoms with Gasteiger partial charge in [0.05, 0.1) is 11.9 Å². The van der Waals surface area contributed by atoms with Crippen molar-refractivity contribution in [1.29, 1.82) is 0 Å². The molecule has 0 aliphatic rings. The van der Waals surface area contributed by atoms with Crippen molar-refractivity contribution >= 4 is 45.0 Å². The zero-order valence-electron chi connectivity index (χ0n) is 16.2. The molecule has 0 aliphatic heterocycles. The first kappa shape index (κ1) is 22.6. The molecule has 0 aliphatic carbocycles. The van der Waals surface area contributed by atoms with E-state index in [4.69, 9.17) is 11.6 Å². The highest BCUT2D eigenvalue weighted by atomic mass is 35.5. The zero-order valence-corrected chi connectivity index (χ0v) is 18.6. The second-order valence-corrected chi connectivity index (χ2v) is 9.94. The summed E-state index contributed by atoms with van der Waals surface area (Å²) in [6, 6.07) is 13.9. The minimum Gasteiger partial charge on any atom is -0.353 e. The van der Waals surface area contributed by atoms with Crippen LogP contribution in [0.3, 0.4) is 0 Å². The molecule has 0 heterocycles. The van der Waals surface area contributed by atoms with Crippen LogP contribution in [0, 0.1) is 6.92 Å². The molecule has 2 rings (SSSR count). The third-order valence-corrected chi connectivity index (χ3v) is 6.63. The molecule has 28 heavy (non-hydrogen) atoms. The Morgan fingerprint density at radius 3 is 2.32 bits per heavy atom. The van der Waals surface area contributed by atoms with Gasteiger partial charge < -0.3 is 5.32 Å². The number of carbonyl (C=O) groups excluding carboxylic acids is 1. The van der Waals surface area contributed by atoms with Crippen molar-refractivity contribution in [2.24, 2.45) is 0 Å². The molecule has 1 N–H and O–H groups in total. The van der Waals surface area contributed by atoms with Crippen molar-refractivity contribution < 1.29 is 13.2 Å². The number of anilines is 1. The number of aryl methyl sites for hydroxylation is 1. The van der Waals surface area contributed by atoms with Crippen LogP contribution in [0.25, 0.3) is 0 Å². The highest BCUT2D eigenvalue weighted by Crippen LogP contribution is 2.23. The standard InChI is InChI=1S/C20H25ClN2O3S2/c1-15-4-6-17(7-5-15)14-27-13-12-22-20(24)16(2)23(28(3,25)26)19-10-8-18(21)9-11-19/h4-11,16H,12-14H2,1-3H3,(H,22,24)/t16-/m0/s1. The Hall–Kier alpha value is -1.70. The van der Waals surface area contributed by atoms with Gasteiger partial charge in [0, 0.05) is 23.1 Å². The van der Waals surface area contributed by atoms with Gasteiger partial charge in [0.2, 0.25) is 15.9 Å². The van der Waals surface area contributed by atoms with E-state index in [-0.39, 0.29) is 5.91 Å². The first-order valence-corrected chi connectivity index (χ1v) is 12.2. The average Bonchev–Trinajstić information content (AvgIpc) is 2.63. The van der Waals surface area contributed by atoms with Gasteiger partial charge in [-0.05, 0) is 43.7 Å². The Morgan fingerprint density at radius 2 is 1.75 bits per heavy atom. The van der Waals surface area contributed by atoms with Crippen LogP contribution in [0.5, 0.6) is 0 Å². The van der Waals surface area contributed by atoms with Crippen molar-refractivity contribution in [3.8, 4) is 0 Å². The van der Waals surface area contributed by atoms with Gasteiger partial charge in [-0.25, -0.2) is 8.42 Å². The maximum atomic E-state index is 12.5. The van der Waals surface area contributed by atoms with Gasteiger partial charge in [0.15, 0.2) is 0 Å². The second kappa shape index (κ2) is 10.2. The van der Waals surface area contributed by atoms with Gasteiger partial charge in [-0.15, -0.1) is 0 Å². The molecule has 2 aromatic rings. The number of nitrogens with one attached hydrogen (secondary N) is 1. The van der Waals surface area contributed by atoms with Crippen LogP contribution in [-0.4, -0.2) is 38.9 Å². The number of hydrogen-bond acceptors (Lipinski definition) is 4. The van der Waals surface area contributed by atoms with Crippen LogP contribution >= 0.6 is 23.4 Å². The largest absolute Gasteiger partial charge is 0.353 e. The van der Waals surface area contributed by atoms with E-state index in [1.807, 2.05) is 0 Å². The van der Waals surface area contributed by atoms with E-state index in [1.54, 1.807) is 43.0 Å². The lowest BCUT2D eigenvalue weighted by molar-refractivity contribution is -0.121. The lowest BCUT2D eigenvalue weighted by Gasteiger charge is -2.28. The van der Waals surface area contributed by atoms with Crippen molar-refractivity contribution in [2.75, 3.05) is 22.9 Å². The fraction of sp³-hybridized carbons (Fsp3) is 0.350. The summed E-state index contributed by atoms with van der Waals surface area (Å²) in [7, 11) is -3.63. The summed E-state index contributed by atoms with van der Waals surface area (Å²) in [4.78, 5) is 12.5. The van der Waals surface area contributed by atoms with Crippen LogP contribution < -0.4 is 9.62 Å². The molecular formula is C20H25ClN2O3S2. The van der Waals surface area contributed by atoms with Crippen LogP contribution in [0.1, 0.15) is 18.1 Å². The SMILES string of the molecule is Cc1ccc(CSCCNC(=O)[C@H](C)N(c2ccc(Cl)cc2)S(C)(=O)=O)cc1. The first-order chi connectivity index (χ1) is 13.2. The van der Waals surface area contributed by atoms with Crippen LogP contribution in [-0.2, 0) is 20.6 Å². The van der Waals surface area contributed by atoms with Gasteiger partial charge in [-0.2, -0.15) is 11.8 Å². The molecule has 0 bridgehead atoms. The Balaban J connectivity index is 1.88. The predicted molar refractivity (Wildman–Crippen MR) is 119 cm³/mol. The summed E-state index contributed by atoms with van der Waals surface area (Å²) in [6.07, 6.45) is 1.09. The van der Waals surface area contributed by atoms with Crippen LogP contribution in [0.4, 0.5) is 5.69 Å². The zero-order chi connectivity index (χ0) is 20.7. The number of hydrogen-bond donors (Lipinski definition) is 1. The van der Waals surface area contributed by atoms with Crippen molar-refractivity contribution in [1.82, 2.24) is 5.32 Å². The quantitative estimate of drug-likeness (QED) is 0.601. The number of rotatable bonds is 9. The molecule has 2 aromatic carbocycles. The van der Waals surface area contributed by atoms with E-state index in [9.17, 15) is 13.2 Å². The fourth-order valence-corrected chi connectivity index (χ4v) is 4.78. The lowest BCUT2D eigenvalue weighted by Crippen LogP contribution is -2.48. The summed E-state index contributed by atoms with van der Waals surface area (Å²) in [5.41, 5.74) is 2.87. The predicted octanol–water partition coefficient (Wildman–Crippen LogP) is 3.85. The van der Waals surface area contributed by atoms with E-state index in [2.05, 4.69) is 36.5 Å². The molecular weight excluding hydrogens is 416 g/mol. The molecule has 0 unspecified atom stereocenters. The van der Waals surface area contributed by atoms with Crippen molar-refractivity contribution in [3.63, 3.8) is 0 Å². The van der Waals surface area contributed by atoms with Gasteiger partial charge in [-0.1, -0.05) is 41.4 Å². The minimum atomic E-state index is -3.63. The molecule has 0 aromatic heterocycles. The normalized spacial score (nSPS) is 12.4. The molecule has 0 saturated heterocycles. The Labute approximate surface area is 176 Å². The van der Waals surface area contributed by atoms with Gasteiger partial charge in [0.25, 0.3) is 0 Å². The molecule has 0 radical (unpaired) electrons. The third kappa shape index (κ3) is 6.72. The first-order valence-electron chi connectivity index (χ1n) is 8.84. The molecule has 0 spiro atoms. The minimum absolute atomic E-state index is 0.337. The molecule has 0 fully saturated rings. The molecule has 0 saturated carbocycles.